The molecule has 2 aromatic rings. The van der Waals surface area contributed by atoms with Crippen LogP contribution in [-0.2, 0) is 0 Å². The van der Waals surface area contributed by atoms with E-state index in [1.165, 1.54) is 11.9 Å². The summed E-state index contributed by atoms with van der Waals surface area (Å²) in [6.07, 6.45) is 2.58. The van der Waals surface area contributed by atoms with Gasteiger partial charge in [0.25, 0.3) is 0 Å². The van der Waals surface area contributed by atoms with Crippen LogP contribution in [0.3, 0.4) is 0 Å². The fourth-order valence-electron chi connectivity index (χ4n) is 2.31. The molecule has 1 heterocycles. The molecule has 0 amide bonds. The van der Waals surface area contributed by atoms with Crippen molar-refractivity contribution < 1.29 is 4.74 Å². The Bertz CT molecular complexity index is 551. The number of aromatic amines is 1. The number of hydrogen-bond acceptors (Lipinski definition) is 4. The molecule has 0 aliphatic rings. The molecule has 1 atom stereocenters. The van der Waals surface area contributed by atoms with Gasteiger partial charge in [0.05, 0.1) is 13.2 Å². The maximum atomic E-state index is 5.61. The van der Waals surface area contributed by atoms with Crippen molar-refractivity contribution in [2.45, 2.75) is 33.2 Å². The highest BCUT2D eigenvalue weighted by atomic mass is 16.5. The molecule has 0 saturated heterocycles. The van der Waals surface area contributed by atoms with Crippen LogP contribution < -0.4 is 10.1 Å². The number of benzene rings is 1. The molecule has 0 saturated carbocycles. The zero-order valence-corrected chi connectivity index (χ0v) is 12.5. The fourth-order valence-corrected chi connectivity index (χ4v) is 2.31. The molecule has 0 bridgehead atoms. The van der Waals surface area contributed by atoms with Crippen LogP contribution in [0, 0.1) is 13.8 Å². The lowest BCUT2D eigenvalue weighted by atomic mass is 9.98. The fraction of sp³-hybridized carbons (Fsp3) is 0.467. The van der Waals surface area contributed by atoms with E-state index in [0.29, 0.717) is 0 Å². The first kappa shape index (κ1) is 14.5. The van der Waals surface area contributed by atoms with Crippen molar-refractivity contribution in [1.29, 1.82) is 0 Å². The van der Waals surface area contributed by atoms with Crippen molar-refractivity contribution in [3.63, 3.8) is 0 Å². The Balaban J connectivity index is 2.46. The first-order valence-corrected chi connectivity index (χ1v) is 6.91. The van der Waals surface area contributed by atoms with Crippen molar-refractivity contribution in [2.75, 3.05) is 13.7 Å². The van der Waals surface area contributed by atoms with E-state index in [-0.39, 0.29) is 6.04 Å². The van der Waals surface area contributed by atoms with Crippen molar-refractivity contribution in [3.8, 4) is 5.75 Å². The molecule has 0 fully saturated rings. The van der Waals surface area contributed by atoms with E-state index in [2.05, 4.69) is 53.4 Å². The minimum atomic E-state index is -0.0355. The molecular weight excluding hydrogens is 252 g/mol. The highest BCUT2D eigenvalue weighted by molar-refractivity contribution is 5.48. The van der Waals surface area contributed by atoms with Gasteiger partial charge in [-0.25, -0.2) is 4.98 Å². The van der Waals surface area contributed by atoms with Crippen molar-refractivity contribution in [3.05, 3.63) is 41.0 Å². The zero-order chi connectivity index (χ0) is 14.5. The average Bonchev–Trinajstić information content (AvgIpc) is 2.97. The van der Waals surface area contributed by atoms with E-state index >= 15 is 0 Å². The van der Waals surface area contributed by atoms with Crippen LogP contribution in [0.25, 0.3) is 0 Å². The molecule has 0 aliphatic carbocycles. The molecule has 2 rings (SSSR count). The predicted octanol–water partition coefficient (Wildman–Crippen LogP) is 2.52. The Morgan fingerprint density at radius 1 is 1.35 bits per heavy atom. The Labute approximate surface area is 119 Å². The second-order valence-electron chi connectivity index (χ2n) is 4.89. The number of nitrogens with one attached hydrogen (secondary N) is 2. The predicted molar refractivity (Wildman–Crippen MR) is 79.0 cm³/mol. The van der Waals surface area contributed by atoms with Gasteiger partial charge in [0, 0.05) is 5.56 Å². The highest BCUT2D eigenvalue weighted by Crippen LogP contribution is 2.32. The summed E-state index contributed by atoms with van der Waals surface area (Å²) in [4.78, 5) is 4.29. The lowest BCUT2D eigenvalue weighted by molar-refractivity contribution is 0.399. The number of H-pyrrole nitrogens is 1. The molecule has 2 N–H and O–H groups in total. The molecule has 0 aliphatic heterocycles. The third-order valence-corrected chi connectivity index (χ3v) is 3.53. The van der Waals surface area contributed by atoms with E-state index in [9.17, 15) is 0 Å². The molecule has 1 unspecified atom stereocenters. The van der Waals surface area contributed by atoms with Crippen molar-refractivity contribution >= 4 is 0 Å². The van der Waals surface area contributed by atoms with E-state index in [1.807, 2.05) is 0 Å². The average molecular weight is 274 g/mol. The second kappa shape index (κ2) is 6.52. The molecule has 1 aromatic heterocycles. The Morgan fingerprint density at radius 3 is 2.75 bits per heavy atom. The number of ether oxygens (including phenoxy) is 1. The Morgan fingerprint density at radius 2 is 2.15 bits per heavy atom. The van der Waals surface area contributed by atoms with E-state index in [0.717, 1.165) is 35.7 Å². The molecule has 108 valence electrons. The van der Waals surface area contributed by atoms with Crippen molar-refractivity contribution in [2.24, 2.45) is 0 Å². The van der Waals surface area contributed by atoms with Crippen LogP contribution >= 0.6 is 0 Å². The Kier molecular flexibility index (Phi) is 4.74. The number of methoxy groups -OCH3 is 1. The van der Waals surface area contributed by atoms with Gasteiger partial charge in [-0.3, -0.25) is 5.10 Å². The topological polar surface area (TPSA) is 62.8 Å². The summed E-state index contributed by atoms with van der Waals surface area (Å²) in [7, 11) is 1.71. The van der Waals surface area contributed by atoms with Crippen LogP contribution in [0.4, 0.5) is 0 Å². The maximum Gasteiger partial charge on any atom is 0.146 e. The summed E-state index contributed by atoms with van der Waals surface area (Å²) in [5.41, 5.74) is 3.46. The van der Waals surface area contributed by atoms with Crippen molar-refractivity contribution in [1.82, 2.24) is 20.5 Å². The second-order valence-corrected chi connectivity index (χ2v) is 4.89. The standard InChI is InChI=1S/C15H22N4O/c1-5-8-16-13(15-17-9-18-19-15)12-7-6-10(2)11(3)14(12)20-4/h6-7,9,13,16H,5,8H2,1-4H3,(H,17,18,19). The number of rotatable bonds is 6. The monoisotopic (exact) mass is 274 g/mol. The van der Waals surface area contributed by atoms with Crippen LogP contribution in [0.15, 0.2) is 18.5 Å². The molecular formula is C15H22N4O. The zero-order valence-electron chi connectivity index (χ0n) is 12.5. The van der Waals surface area contributed by atoms with E-state index < -0.39 is 0 Å². The van der Waals surface area contributed by atoms with Gasteiger partial charge in [-0.2, -0.15) is 5.10 Å². The summed E-state index contributed by atoms with van der Waals surface area (Å²) >= 11 is 0. The summed E-state index contributed by atoms with van der Waals surface area (Å²) in [6, 6.07) is 4.17. The van der Waals surface area contributed by atoms with Gasteiger partial charge in [0.2, 0.25) is 0 Å². The third kappa shape index (κ3) is 2.82. The molecule has 5 nitrogen and oxygen atoms in total. The Hall–Kier alpha value is -1.88. The smallest absolute Gasteiger partial charge is 0.146 e. The summed E-state index contributed by atoms with van der Waals surface area (Å²) in [5.74, 6) is 1.72. The van der Waals surface area contributed by atoms with Crippen LogP contribution in [0.1, 0.15) is 41.9 Å². The molecule has 0 radical (unpaired) electrons. The summed E-state index contributed by atoms with van der Waals surface area (Å²) in [5, 5.41) is 10.4. The summed E-state index contributed by atoms with van der Waals surface area (Å²) < 4.78 is 5.61. The van der Waals surface area contributed by atoms with Gasteiger partial charge < -0.3 is 10.1 Å². The number of aryl methyl sites for hydroxylation is 1. The number of aromatic nitrogens is 3. The van der Waals surface area contributed by atoms with Gasteiger partial charge in [-0.05, 0) is 37.9 Å². The molecule has 0 spiro atoms. The van der Waals surface area contributed by atoms with Gasteiger partial charge in [0.15, 0.2) is 0 Å². The van der Waals surface area contributed by atoms with Gasteiger partial charge in [0.1, 0.15) is 17.9 Å². The molecule has 20 heavy (non-hydrogen) atoms. The van der Waals surface area contributed by atoms with Crippen LogP contribution in [0.5, 0.6) is 5.75 Å². The van der Waals surface area contributed by atoms with Crippen LogP contribution in [0.2, 0.25) is 0 Å². The molecule has 5 heteroatoms. The third-order valence-electron chi connectivity index (χ3n) is 3.53. The highest BCUT2D eigenvalue weighted by Gasteiger charge is 2.21. The maximum absolute atomic E-state index is 5.61. The summed E-state index contributed by atoms with van der Waals surface area (Å²) in [6.45, 7) is 7.21. The number of hydrogen-bond donors (Lipinski definition) is 2. The van der Waals surface area contributed by atoms with Gasteiger partial charge in [-0.1, -0.05) is 19.1 Å². The minimum absolute atomic E-state index is 0.0355. The lowest BCUT2D eigenvalue weighted by Crippen LogP contribution is -2.25. The minimum Gasteiger partial charge on any atom is -0.496 e. The lowest BCUT2D eigenvalue weighted by Gasteiger charge is -2.21. The van der Waals surface area contributed by atoms with Crippen LogP contribution in [-0.4, -0.2) is 28.8 Å². The first-order chi connectivity index (χ1) is 9.69. The van der Waals surface area contributed by atoms with E-state index in [4.69, 9.17) is 4.74 Å². The largest absolute Gasteiger partial charge is 0.496 e. The van der Waals surface area contributed by atoms with Gasteiger partial charge in [-0.15, -0.1) is 0 Å². The number of nitrogens with zero attached hydrogens (tertiary/aromatic N) is 2. The SMILES string of the molecule is CCCNC(c1ncn[nH]1)c1ccc(C)c(C)c1OC. The molecule has 1 aromatic carbocycles. The first-order valence-electron chi connectivity index (χ1n) is 6.91. The van der Waals surface area contributed by atoms with E-state index in [1.54, 1.807) is 7.11 Å². The van der Waals surface area contributed by atoms with Gasteiger partial charge >= 0.3 is 0 Å². The normalized spacial score (nSPS) is 12.4. The quantitative estimate of drug-likeness (QED) is 0.849.